The van der Waals surface area contributed by atoms with E-state index in [9.17, 15) is 0 Å². The van der Waals surface area contributed by atoms with Crippen LogP contribution in [0.4, 0.5) is 0 Å². The minimum Gasteiger partial charge on any atom is -0.346 e. The molecule has 0 bridgehead atoms. The van der Waals surface area contributed by atoms with Gasteiger partial charge in [0.05, 0.1) is 3.70 Å². The molecule has 1 aromatic rings. The highest BCUT2D eigenvalue weighted by Gasteiger charge is 2.15. The third-order valence-electron chi connectivity index (χ3n) is 1.81. The molecule has 11 heavy (non-hydrogen) atoms. The number of nitrogens with zero attached hydrogens (tertiary/aromatic N) is 1. The van der Waals surface area contributed by atoms with E-state index in [0.717, 1.165) is 0 Å². The maximum atomic E-state index is 2.35. The quantitative estimate of drug-likeness (QED) is 0.634. The summed E-state index contributed by atoms with van der Waals surface area (Å²) >= 11 is 2.35. The molecule has 0 aliphatic heterocycles. The lowest BCUT2D eigenvalue weighted by Crippen LogP contribution is -2.09. The lowest BCUT2D eigenvalue weighted by molar-refractivity contribution is 0.589. The number of hydrogen-bond donors (Lipinski definition) is 0. The molecule has 1 rings (SSSR count). The molecule has 0 saturated carbocycles. The van der Waals surface area contributed by atoms with E-state index in [1.54, 1.807) is 0 Å². The van der Waals surface area contributed by atoms with Gasteiger partial charge in [-0.3, -0.25) is 0 Å². The van der Waals surface area contributed by atoms with E-state index in [-0.39, 0.29) is 5.41 Å². The van der Waals surface area contributed by atoms with Crippen molar-refractivity contribution in [3.8, 4) is 0 Å². The average Bonchev–Trinajstić information content (AvgIpc) is 2.11. The Morgan fingerprint density at radius 2 is 1.91 bits per heavy atom. The molecule has 1 nitrogen and oxygen atoms in total. The molecule has 1 aromatic heterocycles. The van der Waals surface area contributed by atoms with Crippen molar-refractivity contribution in [3.63, 3.8) is 0 Å². The van der Waals surface area contributed by atoms with E-state index >= 15 is 0 Å². The fourth-order valence-electron chi connectivity index (χ4n) is 0.948. The van der Waals surface area contributed by atoms with E-state index < -0.39 is 0 Å². The van der Waals surface area contributed by atoms with Crippen LogP contribution in [0.25, 0.3) is 0 Å². The summed E-state index contributed by atoms with van der Waals surface area (Å²) < 4.78 is 3.45. The van der Waals surface area contributed by atoms with Gasteiger partial charge in [-0.25, -0.2) is 0 Å². The summed E-state index contributed by atoms with van der Waals surface area (Å²) in [5, 5.41) is 0. The van der Waals surface area contributed by atoms with Gasteiger partial charge in [0.1, 0.15) is 0 Å². The Bertz CT molecular complexity index is 236. The standard InChI is InChI=1S/C9H14IN/c1-9(2,3)7-5-8(10)11(4)6-7/h5-6H,1-4H3. The van der Waals surface area contributed by atoms with Crippen LogP contribution in [0.1, 0.15) is 26.3 Å². The SMILES string of the molecule is Cn1cc(C(C)(C)C)cc1I. The molecule has 0 N–H and O–H groups in total. The van der Waals surface area contributed by atoms with Crippen molar-refractivity contribution in [1.29, 1.82) is 0 Å². The van der Waals surface area contributed by atoms with Gasteiger partial charge in [0.25, 0.3) is 0 Å². The highest BCUT2D eigenvalue weighted by molar-refractivity contribution is 14.1. The van der Waals surface area contributed by atoms with Crippen LogP contribution in [-0.4, -0.2) is 4.57 Å². The Morgan fingerprint density at radius 1 is 1.36 bits per heavy atom. The Kier molecular flexibility index (Phi) is 2.32. The minimum absolute atomic E-state index is 0.279. The summed E-state index contributed by atoms with van der Waals surface area (Å²) in [5.74, 6) is 0. The second kappa shape index (κ2) is 2.81. The average molecular weight is 263 g/mol. The van der Waals surface area contributed by atoms with Crippen LogP contribution in [0.15, 0.2) is 12.3 Å². The number of hydrogen-bond acceptors (Lipinski definition) is 0. The van der Waals surface area contributed by atoms with E-state index in [1.165, 1.54) is 9.26 Å². The zero-order valence-electron chi connectivity index (χ0n) is 7.48. The van der Waals surface area contributed by atoms with Gasteiger partial charge in [-0.1, -0.05) is 20.8 Å². The Morgan fingerprint density at radius 3 is 2.09 bits per heavy atom. The summed E-state index contributed by atoms with van der Waals surface area (Å²) in [4.78, 5) is 0. The van der Waals surface area contributed by atoms with Crippen molar-refractivity contribution in [2.24, 2.45) is 7.05 Å². The van der Waals surface area contributed by atoms with Gasteiger partial charge in [-0.2, -0.15) is 0 Å². The van der Waals surface area contributed by atoms with Crippen LogP contribution in [0.3, 0.4) is 0 Å². The Labute approximate surface area is 81.9 Å². The third-order valence-corrected chi connectivity index (χ3v) is 2.88. The smallest absolute Gasteiger partial charge is 0.0798 e. The van der Waals surface area contributed by atoms with Crippen molar-refractivity contribution in [1.82, 2.24) is 4.57 Å². The van der Waals surface area contributed by atoms with Crippen LogP contribution < -0.4 is 0 Å². The summed E-state index contributed by atoms with van der Waals surface area (Å²) in [5.41, 5.74) is 1.69. The fraction of sp³-hybridized carbons (Fsp3) is 0.556. The lowest BCUT2D eigenvalue weighted by atomic mass is 9.89. The maximum absolute atomic E-state index is 2.35. The molecule has 0 aliphatic carbocycles. The van der Waals surface area contributed by atoms with Gasteiger partial charge in [0, 0.05) is 13.2 Å². The third kappa shape index (κ3) is 1.98. The first kappa shape index (κ1) is 9.10. The second-order valence-electron chi connectivity index (χ2n) is 3.91. The molecule has 0 saturated heterocycles. The summed E-state index contributed by atoms with van der Waals surface area (Å²) in [6.07, 6.45) is 2.20. The molecule has 0 aromatic carbocycles. The monoisotopic (exact) mass is 263 g/mol. The predicted octanol–water partition coefficient (Wildman–Crippen LogP) is 2.93. The summed E-state index contributed by atoms with van der Waals surface area (Å²) in [6.45, 7) is 6.70. The largest absolute Gasteiger partial charge is 0.346 e. The lowest BCUT2D eigenvalue weighted by Gasteiger charge is -2.15. The van der Waals surface area contributed by atoms with Crippen LogP contribution in [0.5, 0.6) is 0 Å². The molecule has 0 amide bonds. The first-order valence-electron chi connectivity index (χ1n) is 3.73. The number of rotatable bonds is 0. The van der Waals surface area contributed by atoms with E-state index in [2.05, 4.69) is 67.2 Å². The minimum atomic E-state index is 0.279. The number of aromatic nitrogens is 1. The first-order valence-corrected chi connectivity index (χ1v) is 4.81. The normalized spacial score (nSPS) is 12.1. The second-order valence-corrected chi connectivity index (χ2v) is 5.02. The van der Waals surface area contributed by atoms with Gasteiger partial charge in [-0.15, -0.1) is 0 Å². The Balaban J connectivity index is 3.08. The van der Waals surface area contributed by atoms with Gasteiger partial charge >= 0.3 is 0 Å². The summed E-state index contributed by atoms with van der Waals surface area (Å²) in [7, 11) is 2.08. The van der Waals surface area contributed by atoms with Crippen molar-refractivity contribution >= 4 is 22.6 Å². The zero-order chi connectivity index (χ0) is 8.65. The first-order chi connectivity index (χ1) is 4.91. The summed E-state index contributed by atoms with van der Waals surface area (Å²) in [6, 6.07) is 2.24. The van der Waals surface area contributed by atoms with Gasteiger partial charge in [-0.05, 0) is 39.6 Å². The fourth-order valence-corrected chi connectivity index (χ4v) is 1.42. The van der Waals surface area contributed by atoms with Crippen LogP contribution >= 0.6 is 22.6 Å². The van der Waals surface area contributed by atoms with E-state index in [0.29, 0.717) is 0 Å². The zero-order valence-corrected chi connectivity index (χ0v) is 9.64. The molecule has 0 aliphatic rings. The van der Waals surface area contributed by atoms with Crippen molar-refractivity contribution < 1.29 is 0 Å². The van der Waals surface area contributed by atoms with Crippen LogP contribution in [-0.2, 0) is 12.5 Å². The highest BCUT2D eigenvalue weighted by Crippen LogP contribution is 2.24. The van der Waals surface area contributed by atoms with Gasteiger partial charge in [0.2, 0.25) is 0 Å². The predicted molar refractivity (Wildman–Crippen MR) is 56.8 cm³/mol. The Hall–Kier alpha value is 0.01000. The molecule has 0 radical (unpaired) electrons. The molecule has 0 spiro atoms. The van der Waals surface area contributed by atoms with Crippen LogP contribution in [0.2, 0.25) is 0 Å². The highest BCUT2D eigenvalue weighted by atomic mass is 127. The van der Waals surface area contributed by atoms with Gasteiger partial charge in [0.15, 0.2) is 0 Å². The van der Waals surface area contributed by atoms with E-state index in [1.807, 2.05) is 0 Å². The molecule has 0 fully saturated rings. The van der Waals surface area contributed by atoms with Crippen molar-refractivity contribution in [2.45, 2.75) is 26.2 Å². The van der Waals surface area contributed by atoms with Crippen molar-refractivity contribution in [2.75, 3.05) is 0 Å². The van der Waals surface area contributed by atoms with Crippen LogP contribution in [0, 0.1) is 3.70 Å². The molecular formula is C9H14IN. The topological polar surface area (TPSA) is 4.93 Å². The molecular weight excluding hydrogens is 249 g/mol. The molecule has 0 unspecified atom stereocenters. The molecule has 62 valence electrons. The van der Waals surface area contributed by atoms with Gasteiger partial charge < -0.3 is 4.57 Å². The van der Waals surface area contributed by atoms with E-state index in [4.69, 9.17) is 0 Å². The maximum Gasteiger partial charge on any atom is 0.0798 e. The molecule has 0 atom stereocenters. The van der Waals surface area contributed by atoms with Crippen molar-refractivity contribution in [3.05, 3.63) is 21.5 Å². The molecule has 2 heteroatoms. The number of halogens is 1. The number of aryl methyl sites for hydroxylation is 1. The molecule has 1 heterocycles.